The molecule has 0 N–H and O–H groups in total. The summed E-state index contributed by atoms with van der Waals surface area (Å²) in [5, 5.41) is 0. The summed E-state index contributed by atoms with van der Waals surface area (Å²) < 4.78 is 138. The van der Waals surface area contributed by atoms with Gasteiger partial charge >= 0.3 is 39.9 Å². The zero-order valence-electron chi connectivity index (χ0n) is 46.6. The van der Waals surface area contributed by atoms with Crippen LogP contribution in [0.25, 0.3) is 0 Å². The van der Waals surface area contributed by atoms with Crippen LogP contribution in [0.2, 0.25) is 0 Å². The Labute approximate surface area is 482 Å². The van der Waals surface area contributed by atoms with Crippen LogP contribution in [-0.2, 0) is 58.3 Å². The Kier molecular flexibility index (Phi) is 72.0. The van der Waals surface area contributed by atoms with E-state index in [1.807, 2.05) is 0 Å². The van der Waals surface area contributed by atoms with Crippen molar-refractivity contribution >= 4 is 41.6 Å². The summed E-state index contributed by atoms with van der Waals surface area (Å²) >= 11 is 0. The Bertz CT molecular complexity index is 1280. The molecule has 0 aromatic rings. The summed E-state index contributed by atoms with van der Waals surface area (Å²) in [4.78, 5) is 0. The van der Waals surface area contributed by atoms with E-state index in [2.05, 4.69) is 44.4 Å². The molecule has 0 rings (SSSR count). The van der Waals surface area contributed by atoms with Crippen LogP contribution in [0.15, 0.2) is 0 Å². The number of hydrogen-bond donors (Lipinski definition) is 0. The van der Waals surface area contributed by atoms with Gasteiger partial charge in [0, 0.05) is 0 Å². The van der Waals surface area contributed by atoms with Crippen molar-refractivity contribution in [3.8, 4) is 0 Å². The van der Waals surface area contributed by atoms with Gasteiger partial charge in [-0.3, -0.25) is 16.7 Å². The van der Waals surface area contributed by atoms with Gasteiger partial charge in [0.25, 0.3) is 0 Å². The molecule has 0 heterocycles. The fourth-order valence-electron chi connectivity index (χ4n) is 7.71. The van der Waals surface area contributed by atoms with Gasteiger partial charge in [0.05, 0.1) is 26.4 Å². The van der Waals surface area contributed by atoms with E-state index in [9.17, 15) is 51.9 Å². The summed E-state index contributed by atoms with van der Waals surface area (Å²) in [5.74, 6) is 0. The Morgan fingerprint density at radius 3 is 0.397 bits per heavy atom. The molecule has 21 heteroatoms. The van der Waals surface area contributed by atoms with E-state index in [0.29, 0.717) is 25.7 Å². The van der Waals surface area contributed by atoms with Gasteiger partial charge < -0.3 is 18.2 Å². The van der Waals surface area contributed by atoms with Crippen LogP contribution in [0.5, 0.6) is 0 Å². The zero-order chi connectivity index (χ0) is 54.8. The van der Waals surface area contributed by atoms with E-state index >= 15 is 0 Å². The molecule has 0 aromatic heterocycles. The first kappa shape index (κ1) is 82.6. The fraction of sp³-hybridized carbons (Fsp3) is 1.00. The quantitative estimate of drug-likeness (QED) is 0.0311. The number of unbranched alkanes of at least 4 members (excludes halogenated alkanes) is 40. The molecule has 0 atom stereocenters. The van der Waals surface area contributed by atoms with Gasteiger partial charge in [-0.1, -0.05) is 285 Å². The molecule has 0 radical (unpaired) electrons. The molecule has 0 aliphatic carbocycles. The van der Waals surface area contributed by atoms with E-state index < -0.39 is 41.6 Å². The van der Waals surface area contributed by atoms with Crippen LogP contribution in [-0.4, -0.2) is 78.3 Å². The van der Waals surface area contributed by atoms with Crippen LogP contribution in [0.1, 0.15) is 310 Å². The summed E-state index contributed by atoms with van der Waals surface area (Å²) in [6.45, 7) is 9.02. The Balaban J connectivity index is -0.000000280. The second kappa shape index (κ2) is 63.6. The molecule has 440 valence electrons. The van der Waals surface area contributed by atoms with Gasteiger partial charge in [-0.05, 0) is 25.7 Å². The molecule has 16 nitrogen and oxygen atoms in total. The van der Waals surface area contributed by atoms with E-state index in [-0.39, 0.29) is 66.4 Å². The molecule has 0 aromatic carbocycles. The largest absolute Gasteiger partial charge is 4.00 e. The van der Waals surface area contributed by atoms with Gasteiger partial charge in [-0.15, -0.1) is 0 Å². The Hall–Kier alpha value is 0.805. The second-order valence-electron chi connectivity index (χ2n) is 19.1. The van der Waals surface area contributed by atoms with Crippen molar-refractivity contribution in [3.63, 3.8) is 0 Å². The molecular formula is C52H108O16S4Th. The molecule has 0 amide bonds. The second-order valence-corrected chi connectivity index (χ2v) is 23.3. The van der Waals surface area contributed by atoms with Gasteiger partial charge in [-0.2, -0.15) is 0 Å². The van der Waals surface area contributed by atoms with Crippen molar-refractivity contribution < 1.29 is 109 Å². The zero-order valence-corrected chi connectivity index (χ0v) is 54.0. The maximum atomic E-state index is 10.1. The third-order valence-corrected chi connectivity index (χ3v) is 13.7. The van der Waals surface area contributed by atoms with Crippen molar-refractivity contribution in [2.75, 3.05) is 26.4 Å². The van der Waals surface area contributed by atoms with E-state index in [0.717, 1.165) is 51.4 Å². The molecule has 0 unspecified atom stereocenters. The summed E-state index contributed by atoms with van der Waals surface area (Å²) in [7, 11) is -17.9. The average Bonchev–Trinajstić information content (AvgIpc) is 3.30. The fourth-order valence-corrected chi connectivity index (χ4v) is 9.00. The molecule has 73 heavy (non-hydrogen) atoms. The van der Waals surface area contributed by atoms with E-state index in [4.69, 9.17) is 0 Å². The first-order valence-corrected chi connectivity index (χ1v) is 34.0. The summed E-state index contributed by atoms with van der Waals surface area (Å²) in [5.41, 5.74) is 0. The van der Waals surface area contributed by atoms with Crippen LogP contribution in [0, 0.1) is 39.9 Å². The van der Waals surface area contributed by atoms with Crippen molar-refractivity contribution in [3.05, 3.63) is 0 Å². The van der Waals surface area contributed by atoms with Crippen LogP contribution in [0.3, 0.4) is 0 Å². The van der Waals surface area contributed by atoms with Crippen molar-refractivity contribution in [1.82, 2.24) is 0 Å². The summed E-state index contributed by atoms with van der Waals surface area (Å²) in [6.07, 6.45) is 52.5. The Morgan fingerprint density at radius 1 is 0.205 bits per heavy atom. The maximum absolute atomic E-state index is 10.1. The van der Waals surface area contributed by atoms with Gasteiger partial charge in [-0.25, -0.2) is 33.7 Å². The van der Waals surface area contributed by atoms with Gasteiger partial charge in [0.15, 0.2) is 0 Å². The predicted molar refractivity (Wildman–Crippen MR) is 288 cm³/mol. The number of hydrogen-bond acceptors (Lipinski definition) is 16. The van der Waals surface area contributed by atoms with Crippen molar-refractivity contribution in [1.29, 1.82) is 0 Å². The van der Waals surface area contributed by atoms with E-state index in [1.165, 1.54) is 205 Å². The topological polar surface area (TPSA) is 266 Å². The minimum atomic E-state index is -4.49. The molecule has 0 fully saturated rings. The van der Waals surface area contributed by atoms with Crippen molar-refractivity contribution in [2.45, 2.75) is 310 Å². The maximum Gasteiger partial charge on any atom is 4.00 e. The van der Waals surface area contributed by atoms with Crippen molar-refractivity contribution in [2.24, 2.45) is 0 Å². The minimum Gasteiger partial charge on any atom is -0.726 e. The molecule has 0 aliphatic heterocycles. The first-order valence-electron chi connectivity index (χ1n) is 28.6. The normalized spacial score (nSPS) is 11.7. The van der Waals surface area contributed by atoms with E-state index in [1.54, 1.807) is 0 Å². The van der Waals surface area contributed by atoms with Crippen LogP contribution >= 0.6 is 0 Å². The molecular weight excluding hydrogens is 1240 g/mol. The SMILES string of the molecule is CCCCCCCCCCCCCOS(=O)(=O)[O-].CCCCCCCCCCCCCOS(=O)(=O)[O-].CCCCCCCCCCCCCOS(=O)(=O)[O-].CCCCCCCCCCCCCOS(=O)(=O)[O-].[Th+4]. The minimum absolute atomic E-state index is 0. The molecule has 0 bridgehead atoms. The summed E-state index contributed by atoms with van der Waals surface area (Å²) in [6, 6.07) is 0. The number of rotatable bonds is 52. The van der Waals surface area contributed by atoms with Gasteiger partial charge in [0.2, 0.25) is 41.6 Å². The predicted octanol–water partition coefficient (Wildman–Crippen LogP) is 15.1. The standard InChI is InChI=1S/4C13H28O4S.Th/c4*1-2-3-4-5-6-7-8-9-10-11-12-13-17-18(14,15)16;/h4*2-13H2,1H3,(H,14,15,16);/q;;;;+4/p-4. The molecule has 0 saturated heterocycles. The average molecular weight is 1350 g/mol. The van der Waals surface area contributed by atoms with Crippen LogP contribution in [0.4, 0.5) is 0 Å². The van der Waals surface area contributed by atoms with Crippen LogP contribution < -0.4 is 0 Å². The molecule has 0 spiro atoms. The third kappa shape index (κ3) is 98.7. The molecule has 0 saturated carbocycles. The smallest absolute Gasteiger partial charge is 0.726 e. The molecule has 0 aliphatic rings. The Morgan fingerprint density at radius 2 is 0.301 bits per heavy atom. The van der Waals surface area contributed by atoms with Gasteiger partial charge in [0.1, 0.15) is 0 Å². The third-order valence-electron chi connectivity index (χ3n) is 11.9. The first-order chi connectivity index (χ1) is 34.2. The monoisotopic (exact) mass is 1350 g/mol.